The number of aryl methyl sites for hydroxylation is 3. The molecule has 0 spiro atoms. The number of hydrogen-bond donors (Lipinski definition) is 0. The number of anilines is 5. The van der Waals surface area contributed by atoms with Crippen molar-refractivity contribution in [3.8, 4) is 0 Å². The number of nitrogens with zero attached hydrogens (tertiary/aromatic N) is 2. The van der Waals surface area contributed by atoms with Crippen LogP contribution < -0.4 is 9.80 Å². The minimum atomic E-state index is 0.0142. The lowest BCUT2D eigenvalue weighted by Crippen LogP contribution is -2.54. The molecule has 6 rings (SSSR count). The molecule has 1 fully saturated rings. The molecule has 1 aliphatic carbocycles. The van der Waals surface area contributed by atoms with Crippen molar-refractivity contribution in [2.24, 2.45) is 0 Å². The van der Waals surface area contributed by atoms with E-state index in [0.29, 0.717) is 0 Å². The Kier molecular flexibility index (Phi) is 7.54. The van der Waals surface area contributed by atoms with E-state index < -0.39 is 0 Å². The number of rotatable bonds is 4. The normalized spacial score (nSPS) is 21.4. The van der Waals surface area contributed by atoms with Gasteiger partial charge in [-0.05, 0) is 133 Å². The molecule has 2 nitrogen and oxygen atoms in total. The maximum atomic E-state index is 2.74. The van der Waals surface area contributed by atoms with E-state index in [2.05, 4.69) is 165 Å². The van der Waals surface area contributed by atoms with Gasteiger partial charge >= 0.3 is 0 Å². The van der Waals surface area contributed by atoms with E-state index in [1.54, 1.807) is 5.56 Å². The van der Waals surface area contributed by atoms with E-state index in [-0.39, 0.29) is 21.8 Å². The minimum Gasteiger partial charge on any atom is -0.334 e. The molecule has 1 heterocycles. The number of benzene rings is 4. The first kappa shape index (κ1) is 31.5. The predicted octanol–water partition coefficient (Wildman–Crippen LogP) is 12.4. The van der Waals surface area contributed by atoms with Gasteiger partial charge in [-0.3, -0.25) is 0 Å². The standard InChI is InChI=1S/C43H54N2/c1-29-22-31(3)39-38(25-29)45(43(11)21-13-12-20-42(39,43)10)37-24-30(2)23-36(28-37)44(34-18-14-16-32(26-34)40(4,5)6)35-19-15-17-33(27-35)41(7,8)9/h14-19,22-28H,12-13,20-21H2,1-11H3. The Morgan fingerprint density at radius 3 is 1.76 bits per heavy atom. The molecule has 236 valence electrons. The summed E-state index contributed by atoms with van der Waals surface area (Å²) >= 11 is 0. The van der Waals surface area contributed by atoms with Gasteiger partial charge in [-0.1, -0.05) is 91.6 Å². The van der Waals surface area contributed by atoms with Crippen molar-refractivity contribution in [1.29, 1.82) is 0 Å². The van der Waals surface area contributed by atoms with E-state index in [1.807, 2.05) is 0 Å². The summed E-state index contributed by atoms with van der Waals surface area (Å²) in [6, 6.07) is 30.4. The third kappa shape index (κ3) is 5.29. The summed E-state index contributed by atoms with van der Waals surface area (Å²) in [5, 5.41) is 0. The van der Waals surface area contributed by atoms with Crippen LogP contribution in [0.2, 0.25) is 0 Å². The Labute approximate surface area is 273 Å². The molecule has 0 N–H and O–H groups in total. The van der Waals surface area contributed by atoms with Gasteiger partial charge in [0.1, 0.15) is 0 Å². The molecule has 0 saturated heterocycles. The topological polar surface area (TPSA) is 6.48 Å². The molecular weight excluding hydrogens is 544 g/mol. The summed E-state index contributed by atoms with van der Waals surface area (Å²) in [5.74, 6) is 0. The van der Waals surface area contributed by atoms with Gasteiger partial charge in [0.25, 0.3) is 0 Å². The zero-order chi connectivity index (χ0) is 32.5. The average molecular weight is 599 g/mol. The van der Waals surface area contributed by atoms with Crippen LogP contribution in [-0.2, 0) is 16.2 Å². The molecule has 1 saturated carbocycles. The largest absolute Gasteiger partial charge is 0.334 e. The molecule has 0 amide bonds. The highest BCUT2D eigenvalue weighted by Gasteiger charge is 2.58. The maximum absolute atomic E-state index is 2.74. The van der Waals surface area contributed by atoms with Gasteiger partial charge in [-0.15, -0.1) is 0 Å². The van der Waals surface area contributed by atoms with E-state index in [9.17, 15) is 0 Å². The Hall–Kier alpha value is -3.52. The van der Waals surface area contributed by atoms with Gasteiger partial charge in [-0.2, -0.15) is 0 Å². The van der Waals surface area contributed by atoms with Crippen molar-refractivity contribution in [3.05, 3.63) is 112 Å². The van der Waals surface area contributed by atoms with Crippen LogP contribution in [0.1, 0.15) is 114 Å². The highest BCUT2D eigenvalue weighted by atomic mass is 15.3. The molecule has 0 bridgehead atoms. The monoisotopic (exact) mass is 598 g/mol. The molecule has 4 aromatic rings. The first-order valence-electron chi connectivity index (χ1n) is 17.1. The number of hydrogen-bond acceptors (Lipinski definition) is 2. The van der Waals surface area contributed by atoms with Crippen LogP contribution in [0.25, 0.3) is 0 Å². The van der Waals surface area contributed by atoms with Crippen molar-refractivity contribution < 1.29 is 0 Å². The summed E-state index contributed by atoms with van der Waals surface area (Å²) < 4.78 is 0. The lowest BCUT2D eigenvalue weighted by atomic mass is 9.61. The fourth-order valence-corrected chi connectivity index (χ4v) is 8.45. The third-order valence-electron chi connectivity index (χ3n) is 11.0. The lowest BCUT2D eigenvalue weighted by molar-refractivity contribution is 0.194. The zero-order valence-electron chi connectivity index (χ0n) is 29.7. The highest BCUT2D eigenvalue weighted by molar-refractivity contribution is 5.84. The molecule has 0 radical (unpaired) electrons. The van der Waals surface area contributed by atoms with Crippen LogP contribution in [0.15, 0.2) is 78.9 Å². The maximum Gasteiger partial charge on any atom is 0.0518 e. The minimum absolute atomic E-state index is 0.0142. The fourth-order valence-electron chi connectivity index (χ4n) is 8.45. The second-order valence-corrected chi connectivity index (χ2v) is 16.6. The zero-order valence-corrected chi connectivity index (χ0v) is 29.7. The van der Waals surface area contributed by atoms with Gasteiger partial charge in [0.2, 0.25) is 0 Å². The van der Waals surface area contributed by atoms with Gasteiger partial charge in [-0.25, -0.2) is 0 Å². The average Bonchev–Trinajstić information content (AvgIpc) is 3.15. The van der Waals surface area contributed by atoms with E-state index >= 15 is 0 Å². The van der Waals surface area contributed by atoms with Crippen LogP contribution in [0.4, 0.5) is 28.4 Å². The Bertz CT molecular complexity index is 1690. The SMILES string of the molecule is Cc1cc(N(c2cccc(C(C)(C)C)c2)c2cccc(C(C)(C)C)c2)cc(N2c3cc(C)cc(C)c3C3(C)CCCCC23C)c1. The van der Waals surface area contributed by atoms with E-state index in [0.717, 1.165) is 0 Å². The van der Waals surface area contributed by atoms with Crippen LogP contribution >= 0.6 is 0 Å². The molecule has 2 heteroatoms. The molecule has 2 unspecified atom stereocenters. The third-order valence-corrected chi connectivity index (χ3v) is 11.0. The Balaban J connectivity index is 1.59. The molecule has 4 aromatic carbocycles. The van der Waals surface area contributed by atoms with Gasteiger partial charge < -0.3 is 9.80 Å². The van der Waals surface area contributed by atoms with Crippen molar-refractivity contribution in [2.45, 2.75) is 124 Å². The molecule has 2 aliphatic rings. The summed E-state index contributed by atoms with van der Waals surface area (Å²) in [4.78, 5) is 5.23. The summed E-state index contributed by atoms with van der Waals surface area (Å²) in [6.07, 6.45) is 5.01. The molecule has 2 atom stereocenters. The van der Waals surface area contributed by atoms with Crippen LogP contribution in [-0.4, -0.2) is 5.54 Å². The van der Waals surface area contributed by atoms with E-state index in [1.165, 1.54) is 81.9 Å². The molecule has 0 aromatic heterocycles. The van der Waals surface area contributed by atoms with E-state index in [4.69, 9.17) is 0 Å². The second kappa shape index (κ2) is 10.8. The van der Waals surface area contributed by atoms with Crippen molar-refractivity contribution in [2.75, 3.05) is 9.80 Å². The molecular formula is C43H54N2. The van der Waals surface area contributed by atoms with Crippen LogP contribution in [0.5, 0.6) is 0 Å². The highest BCUT2D eigenvalue weighted by Crippen LogP contribution is 2.62. The Morgan fingerprint density at radius 2 is 1.18 bits per heavy atom. The molecule has 1 aliphatic heterocycles. The Morgan fingerprint density at radius 1 is 0.622 bits per heavy atom. The van der Waals surface area contributed by atoms with Gasteiger partial charge in [0, 0.05) is 33.9 Å². The van der Waals surface area contributed by atoms with Crippen molar-refractivity contribution in [3.63, 3.8) is 0 Å². The molecule has 45 heavy (non-hydrogen) atoms. The summed E-state index contributed by atoms with van der Waals surface area (Å²) in [5.41, 5.74) is 14.9. The van der Waals surface area contributed by atoms with Crippen molar-refractivity contribution >= 4 is 28.4 Å². The van der Waals surface area contributed by atoms with Crippen LogP contribution in [0.3, 0.4) is 0 Å². The van der Waals surface area contributed by atoms with Gasteiger partial charge in [0.15, 0.2) is 0 Å². The second-order valence-electron chi connectivity index (χ2n) is 16.6. The predicted molar refractivity (Wildman–Crippen MR) is 196 cm³/mol. The lowest BCUT2D eigenvalue weighted by Gasteiger charge is -2.50. The summed E-state index contributed by atoms with van der Waals surface area (Å²) in [6.45, 7) is 25.8. The van der Waals surface area contributed by atoms with Gasteiger partial charge in [0.05, 0.1) is 5.54 Å². The van der Waals surface area contributed by atoms with Crippen LogP contribution in [0, 0.1) is 20.8 Å². The first-order chi connectivity index (χ1) is 21.0. The smallest absolute Gasteiger partial charge is 0.0518 e. The quantitative estimate of drug-likeness (QED) is 0.230. The number of fused-ring (bicyclic) bond motifs is 3. The van der Waals surface area contributed by atoms with Crippen molar-refractivity contribution in [1.82, 2.24) is 0 Å². The fraction of sp³-hybridized carbons (Fsp3) is 0.442. The summed E-state index contributed by atoms with van der Waals surface area (Å²) in [7, 11) is 0. The first-order valence-corrected chi connectivity index (χ1v) is 17.1.